The van der Waals surface area contributed by atoms with Crippen molar-refractivity contribution in [2.24, 2.45) is 5.92 Å². The summed E-state index contributed by atoms with van der Waals surface area (Å²) in [5.74, 6) is 0.186. The predicted molar refractivity (Wildman–Crippen MR) is 84.1 cm³/mol. The van der Waals surface area contributed by atoms with Crippen LogP contribution in [0, 0.1) is 5.92 Å². The number of carboxylic acid groups (broad SMARTS) is 1. The number of carboxylic acids is 1. The Hall–Kier alpha value is -2.04. The van der Waals surface area contributed by atoms with E-state index in [-0.39, 0.29) is 5.69 Å². The number of aromatic carboxylic acids is 1. The summed E-state index contributed by atoms with van der Waals surface area (Å²) in [6, 6.07) is 5.53. The maximum atomic E-state index is 11.7. The lowest BCUT2D eigenvalue weighted by Gasteiger charge is -2.25. The highest BCUT2D eigenvalue weighted by Gasteiger charge is 2.23. The summed E-state index contributed by atoms with van der Waals surface area (Å²) in [4.78, 5) is 18.3. The molecular weight excluding hydrogens is 266 g/mol. The Morgan fingerprint density at radius 3 is 2.62 bits per heavy atom. The van der Waals surface area contributed by atoms with Gasteiger partial charge in [0.25, 0.3) is 0 Å². The zero-order valence-corrected chi connectivity index (χ0v) is 12.9. The predicted octanol–water partition coefficient (Wildman–Crippen LogP) is 3.30. The highest BCUT2D eigenvalue weighted by molar-refractivity contribution is 5.93. The molecule has 5 nitrogen and oxygen atoms in total. The summed E-state index contributed by atoms with van der Waals surface area (Å²) in [7, 11) is 0. The van der Waals surface area contributed by atoms with Gasteiger partial charge in [-0.05, 0) is 25.0 Å². The molecule has 0 fully saturated rings. The Kier molecular flexibility index (Phi) is 4.83. The molecule has 0 bridgehead atoms. The van der Waals surface area contributed by atoms with Gasteiger partial charge in [0.15, 0.2) is 11.5 Å². The third-order valence-corrected chi connectivity index (χ3v) is 4.03. The second-order valence-electron chi connectivity index (χ2n) is 5.24. The van der Waals surface area contributed by atoms with E-state index in [0.29, 0.717) is 17.4 Å². The normalized spacial score (nSPS) is 11.2. The molecule has 0 amide bonds. The van der Waals surface area contributed by atoms with Gasteiger partial charge in [-0.2, -0.15) is 0 Å². The van der Waals surface area contributed by atoms with Crippen molar-refractivity contribution in [1.82, 2.24) is 9.38 Å². The first-order chi connectivity index (χ1) is 10.1. The van der Waals surface area contributed by atoms with Crippen molar-refractivity contribution in [2.45, 2.75) is 33.6 Å². The Morgan fingerprint density at radius 1 is 1.33 bits per heavy atom. The highest BCUT2D eigenvalue weighted by Crippen LogP contribution is 2.24. The van der Waals surface area contributed by atoms with E-state index in [4.69, 9.17) is 0 Å². The molecule has 2 rings (SSSR count). The molecule has 2 aromatic rings. The van der Waals surface area contributed by atoms with Gasteiger partial charge < -0.3 is 10.0 Å². The number of hydrogen-bond acceptors (Lipinski definition) is 3. The van der Waals surface area contributed by atoms with E-state index in [1.54, 1.807) is 10.6 Å². The van der Waals surface area contributed by atoms with Gasteiger partial charge >= 0.3 is 5.97 Å². The van der Waals surface area contributed by atoms with Crippen molar-refractivity contribution in [3.8, 4) is 0 Å². The van der Waals surface area contributed by atoms with Gasteiger partial charge in [-0.3, -0.25) is 4.40 Å². The zero-order chi connectivity index (χ0) is 15.4. The van der Waals surface area contributed by atoms with Crippen LogP contribution in [-0.2, 0) is 0 Å². The summed E-state index contributed by atoms with van der Waals surface area (Å²) in [5, 5.41) is 9.56. The van der Waals surface area contributed by atoms with E-state index in [0.717, 1.165) is 25.9 Å². The standard InChI is InChI=1S/C16H23N3O2/c1-4-12(5-2)11-18(6-3)15-14(16(20)21)19-10-8-7-9-13(19)17-15/h7-10,12H,4-6,11H2,1-3H3,(H,20,21). The van der Waals surface area contributed by atoms with Crippen LogP contribution < -0.4 is 4.90 Å². The number of anilines is 1. The SMILES string of the molecule is CCC(CC)CN(CC)c1nc2ccccn2c1C(=O)O. The van der Waals surface area contributed by atoms with Crippen LogP contribution in [0.5, 0.6) is 0 Å². The quantitative estimate of drug-likeness (QED) is 0.849. The van der Waals surface area contributed by atoms with Crippen LogP contribution in [0.25, 0.3) is 5.65 Å². The van der Waals surface area contributed by atoms with Gasteiger partial charge in [0.05, 0.1) is 0 Å². The lowest BCUT2D eigenvalue weighted by molar-refractivity contribution is 0.0690. The summed E-state index contributed by atoms with van der Waals surface area (Å²) in [6.45, 7) is 7.97. The van der Waals surface area contributed by atoms with Crippen molar-refractivity contribution in [2.75, 3.05) is 18.0 Å². The van der Waals surface area contributed by atoms with Crippen molar-refractivity contribution in [1.29, 1.82) is 0 Å². The van der Waals surface area contributed by atoms with Gasteiger partial charge in [0, 0.05) is 19.3 Å². The van der Waals surface area contributed by atoms with Crippen LogP contribution in [0.4, 0.5) is 5.82 Å². The molecule has 0 unspecified atom stereocenters. The number of aromatic nitrogens is 2. The molecule has 114 valence electrons. The van der Waals surface area contributed by atoms with Crippen molar-refractivity contribution in [3.05, 3.63) is 30.1 Å². The fourth-order valence-corrected chi connectivity index (χ4v) is 2.63. The number of hydrogen-bond donors (Lipinski definition) is 1. The second-order valence-corrected chi connectivity index (χ2v) is 5.24. The molecule has 0 aliphatic rings. The smallest absolute Gasteiger partial charge is 0.356 e. The molecule has 0 atom stereocenters. The minimum absolute atomic E-state index is 0.249. The molecule has 5 heteroatoms. The molecule has 0 spiro atoms. The molecule has 2 heterocycles. The second kappa shape index (κ2) is 6.61. The number of fused-ring (bicyclic) bond motifs is 1. The maximum absolute atomic E-state index is 11.7. The van der Waals surface area contributed by atoms with Gasteiger partial charge in [-0.25, -0.2) is 9.78 Å². The molecule has 2 aromatic heterocycles. The number of carbonyl (C=O) groups is 1. The van der Waals surface area contributed by atoms with Crippen molar-refractivity contribution >= 4 is 17.4 Å². The Balaban J connectivity index is 2.47. The molecular formula is C16H23N3O2. The van der Waals surface area contributed by atoms with Crippen LogP contribution in [0.15, 0.2) is 24.4 Å². The lowest BCUT2D eigenvalue weighted by atomic mass is 10.0. The van der Waals surface area contributed by atoms with Crippen LogP contribution in [0.1, 0.15) is 44.1 Å². The molecule has 21 heavy (non-hydrogen) atoms. The molecule has 0 aromatic carbocycles. The minimum Gasteiger partial charge on any atom is -0.476 e. The van der Waals surface area contributed by atoms with Gasteiger partial charge in [-0.15, -0.1) is 0 Å². The number of imidazole rings is 1. The largest absolute Gasteiger partial charge is 0.476 e. The van der Waals surface area contributed by atoms with Gasteiger partial charge in [0.1, 0.15) is 5.65 Å². The lowest BCUT2D eigenvalue weighted by Crippen LogP contribution is -2.30. The third-order valence-electron chi connectivity index (χ3n) is 4.03. The van der Waals surface area contributed by atoms with E-state index >= 15 is 0 Å². The summed E-state index contributed by atoms with van der Waals surface area (Å²) < 4.78 is 1.65. The number of rotatable bonds is 7. The highest BCUT2D eigenvalue weighted by atomic mass is 16.4. The third kappa shape index (κ3) is 3.01. The fraction of sp³-hybridized carbons (Fsp3) is 0.500. The van der Waals surface area contributed by atoms with E-state index < -0.39 is 5.97 Å². The van der Waals surface area contributed by atoms with E-state index in [1.165, 1.54) is 0 Å². The van der Waals surface area contributed by atoms with Crippen LogP contribution in [0.2, 0.25) is 0 Å². The summed E-state index contributed by atoms with van der Waals surface area (Å²) >= 11 is 0. The molecule has 0 aliphatic heterocycles. The molecule has 1 N–H and O–H groups in total. The molecule has 0 radical (unpaired) electrons. The Labute approximate surface area is 125 Å². The first-order valence-corrected chi connectivity index (χ1v) is 7.57. The van der Waals surface area contributed by atoms with E-state index in [2.05, 4.69) is 23.7 Å². The average Bonchev–Trinajstić information content (AvgIpc) is 2.88. The van der Waals surface area contributed by atoms with E-state index in [1.807, 2.05) is 25.1 Å². The average molecular weight is 289 g/mol. The van der Waals surface area contributed by atoms with Crippen LogP contribution >= 0.6 is 0 Å². The first-order valence-electron chi connectivity index (χ1n) is 7.57. The fourth-order valence-electron chi connectivity index (χ4n) is 2.63. The van der Waals surface area contributed by atoms with Gasteiger partial charge in [0.2, 0.25) is 0 Å². The molecule has 0 aliphatic carbocycles. The van der Waals surface area contributed by atoms with Gasteiger partial charge in [-0.1, -0.05) is 32.8 Å². The molecule has 0 saturated carbocycles. The summed E-state index contributed by atoms with van der Waals surface area (Å²) in [6.07, 6.45) is 3.92. The van der Waals surface area contributed by atoms with E-state index in [9.17, 15) is 9.90 Å². The van der Waals surface area contributed by atoms with Crippen molar-refractivity contribution < 1.29 is 9.90 Å². The number of nitrogens with zero attached hydrogens (tertiary/aromatic N) is 3. The monoisotopic (exact) mass is 289 g/mol. The first kappa shape index (κ1) is 15.4. The number of pyridine rings is 1. The maximum Gasteiger partial charge on any atom is 0.356 e. The van der Waals surface area contributed by atoms with Crippen molar-refractivity contribution in [3.63, 3.8) is 0 Å². The Bertz CT molecular complexity index is 617. The topological polar surface area (TPSA) is 57.8 Å². The molecule has 0 saturated heterocycles. The summed E-state index contributed by atoms with van der Waals surface area (Å²) in [5.41, 5.74) is 0.923. The minimum atomic E-state index is -0.938. The zero-order valence-electron chi connectivity index (χ0n) is 12.9. The van der Waals surface area contributed by atoms with Crippen LogP contribution in [0.3, 0.4) is 0 Å². The van der Waals surface area contributed by atoms with Crippen LogP contribution in [-0.4, -0.2) is 33.6 Å². The Morgan fingerprint density at radius 2 is 2.05 bits per heavy atom.